The summed E-state index contributed by atoms with van der Waals surface area (Å²) in [5.41, 5.74) is 7.08. The van der Waals surface area contributed by atoms with Crippen molar-refractivity contribution in [2.24, 2.45) is 5.10 Å². The second kappa shape index (κ2) is 8.49. The fraction of sp³-hybridized carbons (Fsp3) is 0.0952. The number of benzene rings is 2. The van der Waals surface area contributed by atoms with E-state index in [0.29, 0.717) is 6.54 Å². The smallest absolute Gasteiger partial charge is 0.203 e. The number of imidazole rings is 1. The van der Waals surface area contributed by atoms with Gasteiger partial charge >= 0.3 is 0 Å². The van der Waals surface area contributed by atoms with E-state index in [9.17, 15) is 0 Å². The fourth-order valence-electron chi connectivity index (χ4n) is 2.81. The molecule has 0 aliphatic carbocycles. The number of ether oxygens (including phenoxy) is 1. The van der Waals surface area contributed by atoms with E-state index in [1.165, 1.54) is 11.3 Å². The first-order valence-electron chi connectivity index (χ1n) is 8.74. The van der Waals surface area contributed by atoms with E-state index in [0.717, 1.165) is 33.3 Å². The Kier molecular flexibility index (Phi) is 5.44. The molecule has 0 amide bonds. The summed E-state index contributed by atoms with van der Waals surface area (Å²) < 4.78 is 7.46. The van der Waals surface area contributed by atoms with Crippen LogP contribution in [0.1, 0.15) is 11.1 Å². The van der Waals surface area contributed by atoms with Crippen molar-refractivity contribution < 1.29 is 4.74 Å². The number of hydrogen-bond acceptors (Lipinski definition) is 6. The topological polar surface area (TPSA) is 64.3 Å². The minimum absolute atomic E-state index is 0.686. The standard InChI is InChI=1S/C21H19N5OS/c1-27-20-8-7-16(11-18(20)13-26-10-9-22-15-26)12-23-25-21-24-19(14-28-21)17-5-3-2-4-6-17/h2-12,14-15H,13H2,1H3,(H,24,25). The van der Waals surface area contributed by atoms with E-state index in [1.807, 2.05) is 58.6 Å². The van der Waals surface area contributed by atoms with Crippen molar-refractivity contribution in [1.82, 2.24) is 14.5 Å². The van der Waals surface area contributed by atoms with Crippen molar-refractivity contribution in [3.8, 4) is 17.0 Å². The maximum absolute atomic E-state index is 5.47. The highest BCUT2D eigenvalue weighted by atomic mass is 32.1. The monoisotopic (exact) mass is 389 g/mol. The van der Waals surface area contributed by atoms with E-state index in [2.05, 4.69) is 26.6 Å². The van der Waals surface area contributed by atoms with Gasteiger partial charge in [-0.25, -0.2) is 9.97 Å². The third-order valence-corrected chi connectivity index (χ3v) is 4.91. The molecule has 0 saturated heterocycles. The molecule has 7 heteroatoms. The Hall–Kier alpha value is -3.45. The minimum Gasteiger partial charge on any atom is -0.496 e. The molecule has 0 unspecified atom stereocenters. The molecular weight excluding hydrogens is 370 g/mol. The Morgan fingerprint density at radius 2 is 2.11 bits per heavy atom. The molecule has 0 bridgehead atoms. The van der Waals surface area contributed by atoms with Crippen molar-refractivity contribution in [1.29, 1.82) is 0 Å². The predicted octanol–water partition coefficient (Wildman–Crippen LogP) is 4.51. The summed E-state index contributed by atoms with van der Waals surface area (Å²) in [6.07, 6.45) is 7.25. The molecule has 2 heterocycles. The molecule has 2 aromatic heterocycles. The van der Waals surface area contributed by atoms with E-state index < -0.39 is 0 Å². The third-order valence-electron chi connectivity index (χ3n) is 4.16. The SMILES string of the molecule is COc1ccc(C=NNc2nc(-c3ccccc3)cs2)cc1Cn1ccnc1. The number of thiazole rings is 1. The van der Waals surface area contributed by atoms with Gasteiger partial charge in [-0.2, -0.15) is 5.10 Å². The highest BCUT2D eigenvalue weighted by molar-refractivity contribution is 7.14. The van der Waals surface area contributed by atoms with Crippen LogP contribution in [0, 0.1) is 0 Å². The van der Waals surface area contributed by atoms with E-state index in [1.54, 1.807) is 25.8 Å². The molecule has 0 saturated carbocycles. The van der Waals surface area contributed by atoms with E-state index in [4.69, 9.17) is 4.74 Å². The molecule has 0 aliphatic heterocycles. The van der Waals surface area contributed by atoms with Crippen LogP contribution in [0.5, 0.6) is 5.75 Å². The van der Waals surface area contributed by atoms with Crippen LogP contribution >= 0.6 is 11.3 Å². The number of aromatic nitrogens is 3. The maximum Gasteiger partial charge on any atom is 0.203 e. The molecule has 0 atom stereocenters. The van der Waals surface area contributed by atoms with Gasteiger partial charge in [0, 0.05) is 28.9 Å². The molecule has 140 valence electrons. The summed E-state index contributed by atoms with van der Waals surface area (Å²) >= 11 is 1.53. The number of rotatable bonds is 7. The fourth-order valence-corrected chi connectivity index (χ4v) is 3.48. The highest BCUT2D eigenvalue weighted by Gasteiger charge is 2.05. The number of anilines is 1. The zero-order valence-electron chi connectivity index (χ0n) is 15.3. The summed E-state index contributed by atoms with van der Waals surface area (Å²) in [6.45, 7) is 0.686. The number of nitrogens with one attached hydrogen (secondary N) is 1. The molecule has 1 N–H and O–H groups in total. The largest absolute Gasteiger partial charge is 0.496 e. The zero-order chi connectivity index (χ0) is 19.2. The Balaban J connectivity index is 1.45. The van der Waals surface area contributed by atoms with Crippen LogP contribution in [0.2, 0.25) is 0 Å². The normalized spacial score (nSPS) is 11.0. The first-order valence-corrected chi connectivity index (χ1v) is 9.62. The molecule has 6 nitrogen and oxygen atoms in total. The van der Waals surface area contributed by atoms with Gasteiger partial charge in [0.25, 0.3) is 0 Å². The summed E-state index contributed by atoms with van der Waals surface area (Å²) in [7, 11) is 1.68. The van der Waals surface area contributed by atoms with Crippen LogP contribution in [0.4, 0.5) is 5.13 Å². The highest BCUT2D eigenvalue weighted by Crippen LogP contribution is 2.24. The second-order valence-corrected chi connectivity index (χ2v) is 6.94. The molecule has 28 heavy (non-hydrogen) atoms. The predicted molar refractivity (Wildman–Crippen MR) is 113 cm³/mol. The molecule has 4 aromatic rings. The van der Waals surface area contributed by atoms with Crippen LogP contribution in [0.15, 0.2) is 77.7 Å². The molecule has 0 spiro atoms. The second-order valence-electron chi connectivity index (χ2n) is 6.08. The van der Waals surface area contributed by atoms with Crippen LogP contribution in [-0.4, -0.2) is 27.9 Å². The lowest BCUT2D eigenvalue weighted by Gasteiger charge is -2.10. The molecule has 4 rings (SSSR count). The van der Waals surface area contributed by atoms with Gasteiger partial charge in [0.2, 0.25) is 5.13 Å². The molecule has 0 aliphatic rings. The molecule has 0 fully saturated rings. The Labute approximate surface area is 167 Å². The Morgan fingerprint density at radius 3 is 2.89 bits per heavy atom. The van der Waals surface area contributed by atoms with Crippen LogP contribution in [0.25, 0.3) is 11.3 Å². The number of methoxy groups -OCH3 is 1. The number of hydrogen-bond donors (Lipinski definition) is 1. The summed E-state index contributed by atoms with van der Waals surface area (Å²) in [5, 5.41) is 7.10. The van der Waals surface area contributed by atoms with Crippen molar-refractivity contribution >= 4 is 22.7 Å². The van der Waals surface area contributed by atoms with Crippen LogP contribution in [0.3, 0.4) is 0 Å². The Bertz CT molecular complexity index is 1060. The van der Waals surface area contributed by atoms with Gasteiger partial charge < -0.3 is 9.30 Å². The van der Waals surface area contributed by atoms with E-state index in [-0.39, 0.29) is 0 Å². The van der Waals surface area contributed by atoms with Gasteiger partial charge in [0.15, 0.2) is 0 Å². The van der Waals surface area contributed by atoms with Gasteiger partial charge in [-0.3, -0.25) is 5.43 Å². The summed E-state index contributed by atoms with van der Waals surface area (Å²) in [5.74, 6) is 0.839. The van der Waals surface area contributed by atoms with E-state index >= 15 is 0 Å². The first-order chi connectivity index (χ1) is 13.8. The molecule has 0 radical (unpaired) electrons. The van der Waals surface area contributed by atoms with Crippen LogP contribution in [-0.2, 0) is 6.54 Å². The lowest BCUT2D eigenvalue weighted by molar-refractivity contribution is 0.408. The average Bonchev–Trinajstić information content (AvgIpc) is 3.41. The zero-order valence-corrected chi connectivity index (χ0v) is 16.1. The van der Waals surface area contributed by atoms with Crippen molar-refractivity contribution in [2.75, 3.05) is 12.5 Å². The van der Waals surface area contributed by atoms with Gasteiger partial charge in [-0.05, 0) is 23.8 Å². The number of hydrazone groups is 1. The maximum atomic E-state index is 5.47. The average molecular weight is 389 g/mol. The third kappa shape index (κ3) is 4.27. The quantitative estimate of drug-likeness (QED) is 0.373. The summed E-state index contributed by atoms with van der Waals surface area (Å²) in [4.78, 5) is 8.65. The first kappa shape index (κ1) is 17.9. The van der Waals surface area contributed by atoms with Crippen LogP contribution < -0.4 is 10.2 Å². The molecule has 2 aromatic carbocycles. The number of nitrogens with zero attached hydrogens (tertiary/aromatic N) is 4. The van der Waals surface area contributed by atoms with Gasteiger partial charge in [-0.1, -0.05) is 30.3 Å². The van der Waals surface area contributed by atoms with Gasteiger partial charge in [0.1, 0.15) is 5.75 Å². The molecular formula is C21H19N5OS. The summed E-state index contributed by atoms with van der Waals surface area (Å²) in [6, 6.07) is 16.1. The Morgan fingerprint density at radius 1 is 1.21 bits per heavy atom. The van der Waals surface area contributed by atoms with Gasteiger partial charge in [-0.15, -0.1) is 11.3 Å². The van der Waals surface area contributed by atoms with Crippen molar-refractivity contribution in [3.63, 3.8) is 0 Å². The lowest BCUT2D eigenvalue weighted by Crippen LogP contribution is -2.01. The minimum atomic E-state index is 0.686. The van der Waals surface area contributed by atoms with Crippen molar-refractivity contribution in [3.05, 3.63) is 83.8 Å². The van der Waals surface area contributed by atoms with Gasteiger partial charge in [0.05, 0.1) is 31.9 Å². The van der Waals surface area contributed by atoms with Crippen molar-refractivity contribution in [2.45, 2.75) is 6.54 Å². The lowest BCUT2D eigenvalue weighted by atomic mass is 10.1.